The van der Waals surface area contributed by atoms with Gasteiger partial charge in [0.05, 0.1) is 5.56 Å². The summed E-state index contributed by atoms with van der Waals surface area (Å²) in [4.78, 5) is 13.2. The number of piperidine rings is 1. The number of rotatable bonds is 2. The Bertz CT molecular complexity index is 477. The van der Waals surface area contributed by atoms with E-state index in [2.05, 4.69) is 20.8 Å². The Balaban J connectivity index is 2.07. The summed E-state index contributed by atoms with van der Waals surface area (Å²) < 4.78 is 38.1. The molecule has 1 heterocycles. The third-order valence-electron chi connectivity index (χ3n) is 3.19. The van der Waals surface area contributed by atoms with Crippen LogP contribution in [-0.4, -0.2) is 23.8 Å². The van der Waals surface area contributed by atoms with E-state index in [-0.39, 0.29) is 5.78 Å². The van der Waals surface area contributed by atoms with E-state index in [1.165, 1.54) is 6.07 Å². The van der Waals surface area contributed by atoms with Crippen LogP contribution in [0.3, 0.4) is 0 Å². The molecule has 19 heavy (non-hydrogen) atoms. The average molecular weight is 336 g/mol. The molecule has 2 rings (SSSR count). The number of carbonyl (C=O) groups excluding carboxylic acids is 1. The number of halogens is 4. The second-order valence-electron chi connectivity index (χ2n) is 4.62. The monoisotopic (exact) mass is 335 g/mol. The maximum Gasteiger partial charge on any atom is 0.416 e. The third-order valence-corrected chi connectivity index (χ3v) is 3.93. The van der Waals surface area contributed by atoms with Crippen molar-refractivity contribution in [2.75, 3.05) is 13.1 Å². The van der Waals surface area contributed by atoms with Crippen molar-refractivity contribution >= 4 is 21.7 Å². The number of nitrogens with zero attached hydrogens (tertiary/aromatic N) is 1. The molecule has 6 heteroatoms. The molecular weight excluding hydrogens is 323 g/mol. The van der Waals surface area contributed by atoms with Gasteiger partial charge in [-0.25, -0.2) is 0 Å². The van der Waals surface area contributed by atoms with Gasteiger partial charge in [0.15, 0.2) is 0 Å². The van der Waals surface area contributed by atoms with E-state index < -0.39 is 11.7 Å². The summed E-state index contributed by atoms with van der Waals surface area (Å²) >= 11 is 3.18. The highest BCUT2D eigenvalue weighted by molar-refractivity contribution is 9.10. The normalized spacial score (nSPS) is 17.8. The lowest BCUT2D eigenvalue weighted by atomic mass is 10.1. The molecule has 1 aromatic carbocycles. The van der Waals surface area contributed by atoms with Crippen LogP contribution in [0.15, 0.2) is 22.7 Å². The van der Waals surface area contributed by atoms with Crippen LogP contribution in [0.2, 0.25) is 0 Å². The quantitative estimate of drug-likeness (QED) is 0.822. The van der Waals surface area contributed by atoms with Crippen molar-refractivity contribution in [3.05, 3.63) is 33.8 Å². The summed E-state index contributed by atoms with van der Waals surface area (Å²) in [5.74, 6) is 0.253. The number of Topliss-reactive ketones (excluding diaryl/α,β-unsaturated/α-hetero) is 1. The minimum atomic E-state index is -4.32. The average Bonchev–Trinajstić information content (AvgIpc) is 2.33. The number of alkyl halides is 3. The molecule has 1 aromatic rings. The van der Waals surface area contributed by atoms with E-state index in [1.807, 2.05) is 0 Å². The minimum Gasteiger partial charge on any atom is -0.300 e. The second-order valence-corrected chi connectivity index (χ2v) is 5.47. The SMILES string of the molecule is O=C1CCN(Cc2ccc(C(F)(F)F)cc2Br)CC1. The predicted molar refractivity (Wildman–Crippen MR) is 68.7 cm³/mol. The molecule has 0 unspecified atom stereocenters. The summed E-state index contributed by atoms with van der Waals surface area (Å²) in [6, 6.07) is 3.68. The molecule has 0 aromatic heterocycles. The summed E-state index contributed by atoms with van der Waals surface area (Å²) in [7, 11) is 0. The molecule has 104 valence electrons. The number of hydrogen-bond donors (Lipinski definition) is 0. The molecule has 0 spiro atoms. The van der Waals surface area contributed by atoms with Gasteiger partial charge in [-0.05, 0) is 17.7 Å². The molecule has 0 N–H and O–H groups in total. The zero-order valence-corrected chi connectivity index (χ0v) is 11.7. The van der Waals surface area contributed by atoms with E-state index in [4.69, 9.17) is 0 Å². The molecule has 1 fully saturated rings. The molecule has 1 aliphatic rings. The Morgan fingerprint density at radius 2 is 1.84 bits per heavy atom. The second kappa shape index (κ2) is 5.63. The van der Waals surface area contributed by atoms with Crippen molar-refractivity contribution in [1.29, 1.82) is 0 Å². The van der Waals surface area contributed by atoms with Crippen molar-refractivity contribution in [2.45, 2.75) is 25.6 Å². The van der Waals surface area contributed by atoms with E-state index in [9.17, 15) is 18.0 Å². The highest BCUT2D eigenvalue weighted by Gasteiger charge is 2.30. The first-order valence-electron chi connectivity index (χ1n) is 5.96. The van der Waals surface area contributed by atoms with Gasteiger partial charge in [0.25, 0.3) is 0 Å². The zero-order chi connectivity index (χ0) is 14.0. The minimum absolute atomic E-state index is 0.253. The Hall–Kier alpha value is -0.880. The van der Waals surface area contributed by atoms with Crippen LogP contribution in [0.4, 0.5) is 13.2 Å². The highest BCUT2D eigenvalue weighted by Crippen LogP contribution is 2.32. The molecule has 1 saturated heterocycles. The fraction of sp³-hybridized carbons (Fsp3) is 0.462. The van der Waals surface area contributed by atoms with Crippen molar-refractivity contribution in [3.8, 4) is 0 Å². The first kappa shape index (κ1) is 14.5. The van der Waals surface area contributed by atoms with Gasteiger partial charge in [0.2, 0.25) is 0 Å². The van der Waals surface area contributed by atoms with Crippen molar-refractivity contribution in [2.24, 2.45) is 0 Å². The van der Waals surface area contributed by atoms with E-state index in [0.29, 0.717) is 36.9 Å². The lowest BCUT2D eigenvalue weighted by molar-refractivity contribution is -0.137. The lowest BCUT2D eigenvalue weighted by Gasteiger charge is -2.26. The van der Waals surface area contributed by atoms with Crippen molar-refractivity contribution in [1.82, 2.24) is 4.90 Å². The Morgan fingerprint density at radius 1 is 1.21 bits per heavy atom. The Labute approximate surface area is 117 Å². The van der Waals surface area contributed by atoms with Crippen LogP contribution >= 0.6 is 15.9 Å². The maximum atomic E-state index is 12.5. The summed E-state index contributed by atoms with van der Waals surface area (Å²) in [5.41, 5.74) is 0.152. The van der Waals surface area contributed by atoms with Crippen LogP contribution in [0.5, 0.6) is 0 Å². The van der Waals surface area contributed by atoms with Gasteiger partial charge >= 0.3 is 6.18 Å². The fourth-order valence-electron chi connectivity index (χ4n) is 2.05. The van der Waals surface area contributed by atoms with Gasteiger partial charge in [0, 0.05) is 36.9 Å². The number of carbonyl (C=O) groups is 1. The largest absolute Gasteiger partial charge is 0.416 e. The summed E-state index contributed by atoms with van der Waals surface area (Å²) in [6.45, 7) is 1.91. The lowest BCUT2D eigenvalue weighted by Crippen LogP contribution is -2.33. The van der Waals surface area contributed by atoms with E-state index in [1.54, 1.807) is 0 Å². The van der Waals surface area contributed by atoms with Gasteiger partial charge in [-0.1, -0.05) is 22.0 Å². The Kier molecular flexibility index (Phi) is 4.30. The van der Waals surface area contributed by atoms with Crippen molar-refractivity contribution < 1.29 is 18.0 Å². The smallest absolute Gasteiger partial charge is 0.300 e. The number of ketones is 1. The van der Waals surface area contributed by atoms with Crippen LogP contribution in [0, 0.1) is 0 Å². The first-order chi connectivity index (χ1) is 8.86. The molecular formula is C13H13BrF3NO. The molecule has 0 bridgehead atoms. The van der Waals surface area contributed by atoms with E-state index >= 15 is 0 Å². The summed E-state index contributed by atoms with van der Waals surface area (Å²) in [6.07, 6.45) is -3.27. The molecule has 2 nitrogen and oxygen atoms in total. The van der Waals surface area contributed by atoms with Gasteiger partial charge in [0.1, 0.15) is 5.78 Å². The van der Waals surface area contributed by atoms with Gasteiger partial charge in [-0.3, -0.25) is 9.69 Å². The number of hydrogen-bond acceptors (Lipinski definition) is 2. The number of likely N-dealkylation sites (tertiary alicyclic amines) is 1. The molecule has 0 amide bonds. The van der Waals surface area contributed by atoms with Crippen molar-refractivity contribution in [3.63, 3.8) is 0 Å². The highest BCUT2D eigenvalue weighted by atomic mass is 79.9. The van der Waals surface area contributed by atoms with Crippen LogP contribution < -0.4 is 0 Å². The maximum absolute atomic E-state index is 12.5. The first-order valence-corrected chi connectivity index (χ1v) is 6.75. The van der Waals surface area contributed by atoms with Crippen LogP contribution in [-0.2, 0) is 17.5 Å². The van der Waals surface area contributed by atoms with Gasteiger partial charge < -0.3 is 0 Å². The summed E-state index contributed by atoms with van der Waals surface area (Å²) in [5, 5.41) is 0. The molecule has 1 aliphatic heterocycles. The van der Waals surface area contributed by atoms with Gasteiger partial charge in [-0.2, -0.15) is 13.2 Å². The zero-order valence-electron chi connectivity index (χ0n) is 10.1. The number of benzene rings is 1. The molecule has 0 atom stereocenters. The predicted octanol–water partition coefficient (Wildman–Crippen LogP) is 3.63. The third kappa shape index (κ3) is 3.79. The van der Waals surface area contributed by atoms with Crippen LogP contribution in [0.25, 0.3) is 0 Å². The fourth-order valence-corrected chi connectivity index (χ4v) is 2.56. The van der Waals surface area contributed by atoms with Crippen LogP contribution in [0.1, 0.15) is 24.0 Å². The molecule has 0 saturated carbocycles. The van der Waals surface area contributed by atoms with E-state index in [0.717, 1.165) is 17.7 Å². The molecule has 0 aliphatic carbocycles. The topological polar surface area (TPSA) is 20.3 Å². The van der Waals surface area contributed by atoms with Gasteiger partial charge in [-0.15, -0.1) is 0 Å². The molecule has 0 radical (unpaired) electrons. The standard InChI is InChI=1S/C13H13BrF3NO/c14-12-7-10(13(15,16)17)2-1-9(12)8-18-5-3-11(19)4-6-18/h1-2,7H,3-6,8H2. The Morgan fingerprint density at radius 3 is 2.37 bits per heavy atom.